The van der Waals surface area contributed by atoms with Crippen molar-refractivity contribution in [3.8, 4) is 0 Å². The smallest absolute Gasteiger partial charge is 0.331 e. The molecule has 1 rings (SSSR count). The minimum Gasteiger partial charge on any atom is -0.460 e. The molecule has 0 aliphatic rings. The van der Waals surface area contributed by atoms with Crippen molar-refractivity contribution in [2.24, 2.45) is 0 Å². The molecule has 2 heteroatoms. The lowest BCUT2D eigenvalue weighted by atomic mass is 10.1. The number of ether oxygens (including phenoxy) is 1. The van der Waals surface area contributed by atoms with E-state index in [0.29, 0.717) is 0 Å². The molecule has 0 bridgehead atoms. The molecule has 2 nitrogen and oxygen atoms in total. The van der Waals surface area contributed by atoms with E-state index in [1.165, 1.54) is 25.3 Å². The first-order valence-electron chi connectivity index (χ1n) is 7.82. The van der Waals surface area contributed by atoms with Crippen molar-refractivity contribution in [3.05, 3.63) is 54.1 Å². The van der Waals surface area contributed by atoms with Crippen LogP contribution in [0.15, 0.2) is 48.6 Å². The Bertz CT molecular complexity index is 446. The summed E-state index contributed by atoms with van der Waals surface area (Å²) >= 11 is 0. The number of unbranched alkanes of at least 4 members (excludes halogenated alkanes) is 3. The number of carbonyl (C=O) groups is 1. The van der Waals surface area contributed by atoms with Crippen molar-refractivity contribution in [1.29, 1.82) is 0 Å². The SMILES string of the molecule is CCCCCC[C@@H](C)OC(=O)/C=C/C=C/c1ccccc1. The van der Waals surface area contributed by atoms with E-state index in [2.05, 4.69) is 6.92 Å². The molecule has 0 N–H and O–H groups in total. The number of carbonyl (C=O) groups excluding carboxylic acids is 1. The number of rotatable bonds is 9. The standard InChI is InChI=1S/C19H26O2/c1-3-4-5-7-12-17(2)21-19(20)16-11-10-15-18-13-8-6-9-14-18/h6,8-11,13-17H,3-5,7,12H2,1-2H3/b15-10+,16-11+/t17-/m1/s1. The average Bonchev–Trinajstić information content (AvgIpc) is 2.49. The topological polar surface area (TPSA) is 26.3 Å². The van der Waals surface area contributed by atoms with E-state index < -0.39 is 0 Å². The third-order valence-corrected chi connectivity index (χ3v) is 3.21. The Kier molecular flexibility index (Phi) is 8.94. The van der Waals surface area contributed by atoms with Gasteiger partial charge in [0, 0.05) is 6.08 Å². The molecule has 0 amide bonds. The maximum atomic E-state index is 11.6. The Morgan fingerprint density at radius 1 is 1.14 bits per heavy atom. The molecule has 0 fully saturated rings. The van der Waals surface area contributed by atoms with E-state index in [1.54, 1.807) is 6.08 Å². The van der Waals surface area contributed by atoms with Crippen LogP contribution in [0, 0.1) is 0 Å². The van der Waals surface area contributed by atoms with Crippen LogP contribution in [0.3, 0.4) is 0 Å². The van der Waals surface area contributed by atoms with Crippen molar-refractivity contribution >= 4 is 12.0 Å². The average molecular weight is 286 g/mol. The van der Waals surface area contributed by atoms with Gasteiger partial charge in [-0.3, -0.25) is 0 Å². The Morgan fingerprint density at radius 3 is 2.62 bits per heavy atom. The third-order valence-electron chi connectivity index (χ3n) is 3.21. The molecule has 0 aromatic heterocycles. The monoisotopic (exact) mass is 286 g/mol. The van der Waals surface area contributed by atoms with E-state index in [-0.39, 0.29) is 12.1 Å². The molecule has 0 unspecified atom stereocenters. The molecule has 0 heterocycles. The highest BCUT2D eigenvalue weighted by Crippen LogP contribution is 2.08. The fourth-order valence-corrected chi connectivity index (χ4v) is 2.02. The van der Waals surface area contributed by atoms with Crippen molar-refractivity contribution < 1.29 is 9.53 Å². The lowest BCUT2D eigenvalue weighted by molar-refractivity contribution is -0.142. The van der Waals surface area contributed by atoms with Gasteiger partial charge in [0.2, 0.25) is 0 Å². The number of esters is 1. The van der Waals surface area contributed by atoms with Gasteiger partial charge in [-0.1, -0.05) is 74.7 Å². The molecular weight excluding hydrogens is 260 g/mol. The highest BCUT2D eigenvalue weighted by molar-refractivity contribution is 5.82. The largest absolute Gasteiger partial charge is 0.460 e. The summed E-state index contributed by atoms with van der Waals surface area (Å²) in [6, 6.07) is 9.98. The van der Waals surface area contributed by atoms with Crippen LogP contribution in [0.1, 0.15) is 51.5 Å². The van der Waals surface area contributed by atoms with Crippen molar-refractivity contribution in [2.45, 2.75) is 52.1 Å². The summed E-state index contributed by atoms with van der Waals surface area (Å²) < 4.78 is 5.32. The summed E-state index contributed by atoms with van der Waals surface area (Å²) in [6.07, 6.45) is 12.8. The van der Waals surface area contributed by atoms with Crippen LogP contribution in [0.25, 0.3) is 6.08 Å². The Balaban J connectivity index is 2.23. The van der Waals surface area contributed by atoms with Gasteiger partial charge in [0.05, 0.1) is 6.10 Å². The fraction of sp³-hybridized carbons (Fsp3) is 0.421. The first-order chi connectivity index (χ1) is 10.2. The molecule has 21 heavy (non-hydrogen) atoms. The van der Waals surface area contributed by atoms with Crippen LogP contribution in [0.4, 0.5) is 0 Å². The summed E-state index contributed by atoms with van der Waals surface area (Å²) in [5, 5.41) is 0. The molecule has 0 aliphatic carbocycles. The summed E-state index contributed by atoms with van der Waals surface area (Å²) in [5.74, 6) is -0.268. The number of hydrogen-bond donors (Lipinski definition) is 0. The van der Waals surface area contributed by atoms with Gasteiger partial charge in [0.1, 0.15) is 0 Å². The van der Waals surface area contributed by atoms with Gasteiger partial charge in [-0.05, 0) is 25.3 Å². The lowest BCUT2D eigenvalue weighted by Crippen LogP contribution is -2.12. The summed E-state index contributed by atoms with van der Waals surface area (Å²) in [4.78, 5) is 11.6. The molecule has 0 radical (unpaired) electrons. The number of benzene rings is 1. The predicted molar refractivity (Wildman–Crippen MR) is 88.9 cm³/mol. The Morgan fingerprint density at radius 2 is 1.90 bits per heavy atom. The van der Waals surface area contributed by atoms with Gasteiger partial charge in [0.25, 0.3) is 0 Å². The van der Waals surface area contributed by atoms with Gasteiger partial charge in [-0.15, -0.1) is 0 Å². The molecule has 114 valence electrons. The molecule has 0 saturated carbocycles. The maximum Gasteiger partial charge on any atom is 0.331 e. The highest BCUT2D eigenvalue weighted by Gasteiger charge is 2.05. The van der Waals surface area contributed by atoms with E-state index in [9.17, 15) is 4.79 Å². The zero-order valence-corrected chi connectivity index (χ0v) is 13.1. The van der Waals surface area contributed by atoms with Crippen LogP contribution in [0.2, 0.25) is 0 Å². The lowest BCUT2D eigenvalue weighted by Gasteiger charge is -2.11. The van der Waals surface area contributed by atoms with Gasteiger partial charge in [0.15, 0.2) is 0 Å². The van der Waals surface area contributed by atoms with Gasteiger partial charge in [-0.2, -0.15) is 0 Å². The second-order valence-corrected chi connectivity index (χ2v) is 5.23. The fourth-order valence-electron chi connectivity index (χ4n) is 2.02. The zero-order valence-electron chi connectivity index (χ0n) is 13.1. The second kappa shape index (κ2) is 10.9. The summed E-state index contributed by atoms with van der Waals surface area (Å²) in [5.41, 5.74) is 1.11. The molecule has 0 aliphatic heterocycles. The molecule has 1 aromatic rings. The predicted octanol–water partition coefficient (Wildman–Crippen LogP) is 5.16. The van der Waals surface area contributed by atoms with Crippen molar-refractivity contribution in [1.82, 2.24) is 0 Å². The van der Waals surface area contributed by atoms with Gasteiger partial charge >= 0.3 is 5.97 Å². The van der Waals surface area contributed by atoms with Crippen LogP contribution in [0.5, 0.6) is 0 Å². The third kappa shape index (κ3) is 8.85. The Hall–Kier alpha value is -1.83. The van der Waals surface area contributed by atoms with Crippen LogP contribution in [-0.2, 0) is 9.53 Å². The zero-order chi connectivity index (χ0) is 15.3. The van der Waals surface area contributed by atoms with E-state index in [1.807, 2.05) is 49.4 Å². The normalized spacial score (nSPS) is 12.9. The van der Waals surface area contributed by atoms with Crippen LogP contribution in [-0.4, -0.2) is 12.1 Å². The quantitative estimate of drug-likeness (QED) is 0.271. The number of hydrogen-bond acceptors (Lipinski definition) is 2. The summed E-state index contributed by atoms with van der Waals surface area (Å²) in [7, 11) is 0. The Labute approximate surface area is 128 Å². The second-order valence-electron chi connectivity index (χ2n) is 5.23. The molecule has 0 spiro atoms. The number of allylic oxidation sites excluding steroid dienone is 2. The molecular formula is C19H26O2. The van der Waals surface area contributed by atoms with E-state index >= 15 is 0 Å². The minimum atomic E-state index is -0.268. The highest BCUT2D eigenvalue weighted by atomic mass is 16.5. The maximum absolute atomic E-state index is 11.6. The molecule has 0 saturated heterocycles. The van der Waals surface area contributed by atoms with Gasteiger partial charge in [-0.25, -0.2) is 4.79 Å². The minimum absolute atomic E-state index is 0.00268. The van der Waals surface area contributed by atoms with Crippen LogP contribution >= 0.6 is 0 Å². The van der Waals surface area contributed by atoms with Crippen molar-refractivity contribution in [3.63, 3.8) is 0 Å². The van der Waals surface area contributed by atoms with Crippen molar-refractivity contribution in [2.75, 3.05) is 0 Å². The van der Waals surface area contributed by atoms with E-state index in [4.69, 9.17) is 4.74 Å². The first kappa shape index (κ1) is 17.2. The van der Waals surface area contributed by atoms with Gasteiger partial charge < -0.3 is 4.74 Å². The summed E-state index contributed by atoms with van der Waals surface area (Å²) in [6.45, 7) is 4.15. The first-order valence-corrected chi connectivity index (χ1v) is 7.82. The molecule has 1 aromatic carbocycles. The van der Waals surface area contributed by atoms with E-state index in [0.717, 1.165) is 18.4 Å². The van der Waals surface area contributed by atoms with Crippen LogP contribution < -0.4 is 0 Å². The molecule has 1 atom stereocenters.